The maximum atomic E-state index is 12.3. The molecular weight excluding hydrogens is 400 g/mol. The predicted molar refractivity (Wildman–Crippen MR) is 102 cm³/mol. The molecule has 0 amide bonds. The molecule has 1 unspecified atom stereocenters. The molecule has 1 aromatic rings. The summed E-state index contributed by atoms with van der Waals surface area (Å²) in [6.07, 6.45) is -4.03. The third-order valence-corrected chi connectivity index (χ3v) is 6.47. The van der Waals surface area contributed by atoms with E-state index in [1.807, 2.05) is 19.1 Å². The van der Waals surface area contributed by atoms with Crippen LogP contribution in [-0.4, -0.2) is 73.7 Å². The fourth-order valence-electron chi connectivity index (χ4n) is 3.43. The number of carbonyl (C=O) groups is 3. The number of ketones is 3. The average molecular weight is 422 g/mol. The molecule has 1 fully saturated rings. The fraction of sp³-hybridized carbons (Fsp3) is 0.450. The van der Waals surface area contributed by atoms with E-state index >= 15 is 0 Å². The highest BCUT2D eigenvalue weighted by Crippen LogP contribution is 2.47. The Bertz CT molecular complexity index is 833. The zero-order chi connectivity index (χ0) is 21.3. The normalized spacial score (nSPS) is 35.2. The Hall–Kier alpha value is -1.88. The van der Waals surface area contributed by atoms with E-state index in [4.69, 9.17) is 4.74 Å². The highest BCUT2D eigenvalue weighted by molar-refractivity contribution is 8.00. The Labute approximate surface area is 171 Å². The molecule has 1 aliphatic heterocycles. The summed E-state index contributed by atoms with van der Waals surface area (Å²) in [5.74, 6) is -4.06. The van der Waals surface area contributed by atoms with E-state index in [0.29, 0.717) is 4.90 Å². The van der Waals surface area contributed by atoms with Crippen LogP contribution in [0.2, 0.25) is 0 Å². The fourth-order valence-corrected chi connectivity index (χ4v) is 4.80. The van der Waals surface area contributed by atoms with Gasteiger partial charge in [0.2, 0.25) is 11.6 Å². The molecule has 0 spiro atoms. The van der Waals surface area contributed by atoms with Gasteiger partial charge >= 0.3 is 0 Å². The van der Waals surface area contributed by atoms with Gasteiger partial charge in [-0.05, 0) is 25.1 Å². The minimum absolute atomic E-state index is 0.249. The van der Waals surface area contributed by atoms with Crippen molar-refractivity contribution >= 4 is 29.1 Å². The van der Waals surface area contributed by atoms with Gasteiger partial charge in [-0.3, -0.25) is 14.4 Å². The number of ether oxygens (including phenoxy) is 1. The molecule has 0 saturated carbocycles. The SMILES string of the molecule is Cc1ccc(S[C@]2(CC3C=CC(=O)C(=O)C3=O)O[C@H](CO)[C@H](O)[C@H](O)[C@H]2O)cc1. The number of Topliss-reactive ketones (excluding diaryl/α,β-unsaturated/α-hetero) is 2. The third kappa shape index (κ3) is 4.20. The lowest BCUT2D eigenvalue weighted by Gasteiger charge is -2.49. The zero-order valence-electron chi connectivity index (χ0n) is 15.6. The van der Waals surface area contributed by atoms with Crippen LogP contribution in [0.15, 0.2) is 41.3 Å². The maximum absolute atomic E-state index is 12.3. The molecule has 1 saturated heterocycles. The largest absolute Gasteiger partial charge is 0.394 e. The van der Waals surface area contributed by atoms with Crippen LogP contribution in [0.4, 0.5) is 0 Å². The van der Waals surface area contributed by atoms with E-state index < -0.39 is 59.2 Å². The van der Waals surface area contributed by atoms with Crippen LogP contribution in [0.3, 0.4) is 0 Å². The molecule has 1 aliphatic carbocycles. The molecular formula is C20H22O8S. The van der Waals surface area contributed by atoms with E-state index in [-0.39, 0.29) is 6.42 Å². The molecule has 0 radical (unpaired) electrons. The van der Waals surface area contributed by atoms with Gasteiger partial charge in [0.1, 0.15) is 29.3 Å². The molecule has 9 heteroatoms. The van der Waals surface area contributed by atoms with Crippen LogP contribution in [0, 0.1) is 12.8 Å². The van der Waals surface area contributed by atoms with Gasteiger partial charge in [-0.15, -0.1) is 0 Å². The number of rotatable bonds is 5. The molecule has 1 heterocycles. The van der Waals surface area contributed by atoms with Crippen molar-refractivity contribution in [1.82, 2.24) is 0 Å². The van der Waals surface area contributed by atoms with Gasteiger partial charge in [0, 0.05) is 17.2 Å². The van der Waals surface area contributed by atoms with Crippen LogP contribution in [-0.2, 0) is 19.1 Å². The first-order chi connectivity index (χ1) is 13.7. The van der Waals surface area contributed by atoms with Gasteiger partial charge in [0.15, 0.2) is 0 Å². The molecule has 3 rings (SSSR count). The van der Waals surface area contributed by atoms with Crippen molar-refractivity contribution in [1.29, 1.82) is 0 Å². The number of aryl methyl sites for hydroxylation is 1. The topological polar surface area (TPSA) is 141 Å². The van der Waals surface area contributed by atoms with Gasteiger partial charge < -0.3 is 25.2 Å². The van der Waals surface area contributed by atoms with Crippen molar-refractivity contribution in [2.75, 3.05) is 6.61 Å². The van der Waals surface area contributed by atoms with Gasteiger partial charge in [-0.25, -0.2) is 0 Å². The number of carbonyl (C=O) groups excluding carboxylic acids is 3. The van der Waals surface area contributed by atoms with E-state index in [9.17, 15) is 34.8 Å². The number of benzene rings is 1. The van der Waals surface area contributed by atoms with Crippen molar-refractivity contribution in [2.24, 2.45) is 5.92 Å². The van der Waals surface area contributed by atoms with Gasteiger partial charge in [-0.2, -0.15) is 0 Å². The van der Waals surface area contributed by atoms with Crippen LogP contribution in [0.25, 0.3) is 0 Å². The van der Waals surface area contributed by atoms with Crippen molar-refractivity contribution in [3.63, 3.8) is 0 Å². The zero-order valence-corrected chi connectivity index (χ0v) is 16.4. The second kappa shape index (κ2) is 8.47. The van der Waals surface area contributed by atoms with Crippen LogP contribution in [0.5, 0.6) is 0 Å². The van der Waals surface area contributed by atoms with E-state index in [0.717, 1.165) is 23.4 Å². The number of aliphatic hydroxyl groups is 4. The summed E-state index contributed by atoms with van der Waals surface area (Å²) in [7, 11) is 0. The molecule has 2 aliphatic rings. The summed E-state index contributed by atoms with van der Waals surface area (Å²) in [6.45, 7) is 1.26. The molecule has 29 heavy (non-hydrogen) atoms. The summed E-state index contributed by atoms with van der Waals surface area (Å²) in [4.78, 5) is 34.6. The second-order valence-electron chi connectivity index (χ2n) is 7.22. The maximum Gasteiger partial charge on any atom is 0.268 e. The van der Waals surface area contributed by atoms with Crippen molar-refractivity contribution in [3.8, 4) is 0 Å². The summed E-state index contributed by atoms with van der Waals surface area (Å²) < 4.78 is 5.84. The number of hydrogen-bond acceptors (Lipinski definition) is 9. The third-order valence-electron chi connectivity index (χ3n) is 5.12. The summed E-state index contributed by atoms with van der Waals surface area (Å²) in [6, 6.07) is 7.18. The average Bonchev–Trinajstić information content (AvgIpc) is 2.71. The molecule has 1 aromatic carbocycles. The van der Waals surface area contributed by atoms with E-state index in [2.05, 4.69) is 0 Å². The first-order valence-electron chi connectivity index (χ1n) is 9.08. The number of aliphatic hydroxyl groups excluding tert-OH is 4. The minimum Gasteiger partial charge on any atom is -0.394 e. The second-order valence-corrected chi connectivity index (χ2v) is 8.59. The van der Waals surface area contributed by atoms with Crippen molar-refractivity contribution < 1.29 is 39.5 Å². The van der Waals surface area contributed by atoms with Crippen molar-refractivity contribution in [2.45, 2.75) is 47.6 Å². The van der Waals surface area contributed by atoms with Gasteiger partial charge in [-0.1, -0.05) is 35.5 Å². The standard InChI is InChI=1S/C20H22O8S/c1-10-2-5-12(6-3-10)29-20(8-11-4-7-13(22)16(24)15(11)23)19(27)18(26)17(25)14(9-21)28-20/h2-7,11,14,17-19,21,25-27H,8-9H2,1H3/t11?,14-,17+,18+,19-,20+/m1/s1. The molecule has 8 nitrogen and oxygen atoms in total. The molecule has 156 valence electrons. The van der Waals surface area contributed by atoms with E-state index in [1.54, 1.807) is 12.1 Å². The molecule has 4 N–H and O–H groups in total. The lowest BCUT2D eigenvalue weighted by atomic mass is 9.83. The highest BCUT2D eigenvalue weighted by Gasteiger charge is 2.55. The quantitative estimate of drug-likeness (QED) is 0.464. The summed E-state index contributed by atoms with van der Waals surface area (Å²) >= 11 is 1.01. The van der Waals surface area contributed by atoms with Gasteiger partial charge in [0.05, 0.1) is 6.61 Å². The Balaban J connectivity index is 2.00. The molecule has 0 bridgehead atoms. The highest BCUT2D eigenvalue weighted by atomic mass is 32.2. The first kappa shape index (κ1) is 21.8. The smallest absolute Gasteiger partial charge is 0.268 e. The Morgan fingerprint density at radius 1 is 1.07 bits per heavy atom. The minimum atomic E-state index is -1.66. The molecule has 6 atom stereocenters. The monoisotopic (exact) mass is 422 g/mol. The lowest BCUT2D eigenvalue weighted by molar-refractivity contribution is -0.244. The summed E-state index contributed by atoms with van der Waals surface area (Å²) in [5.41, 5.74) is 0.992. The lowest BCUT2D eigenvalue weighted by Crippen LogP contribution is -2.64. The first-order valence-corrected chi connectivity index (χ1v) is 9.89. The summed E-state index contributed by atoms with van der Waals surface area (Å²) in [5, 5.41) is 40.8. The van der Waals surface area contributed by atoms with Crippen LogP contribution in [0.1, 0.15) is 12.0 Å². The Kier molecular flexibility index (Phi) is 6.37. The Morgan fingerprint density at radius 3 is 2.34 bits per heavy atom. The predicted octanol–water partition coefficient (Wildman–Crippen LogP) is -0.459. The van der Waals surface area contributed by atoms with Crippen LogP contribution < -0.4 is 0 Å². The number of hydrogen-bond donors (Lipinski definition) is 4. The molecule has 0 aromatic heterocycles. The van der Waals surface area contributed by atoms with Crippen LogP contribution >= 0.6 is 11.8 Å². The number of thioether (sulfide) groups is 1. The number of allylic oxidation sites excluding steroid dienone is 2. The van der Waals surface area contributed by atoms with Crippen molar-refractivity contribution in [3.05, 3.63) is 42.0 Å². The Morgan fingerprint density at radius 2 is 1.72 bits per heavy atom. The van der Waals surface area contributed by atoms with Gasteiger partial charge in [0.25, 0.3) is 5.78 Å². The van der Waals surface area contributed by atoms with E-state index in [1.165, 1.54) is 6.08 Å².